The summed E-state index contributed by atoms with van der Waals surface area (Å²) in [4.78, 5) is 0. The zero-order chi connectivity index (χ0) is 19.1. The average molecular weight is 366 g/mol. The van der Waals surface area contributed by atoms with Crippen molar-refractivity contribution in [1.82, 2.24) is 4.57 Å². The van der Waals surface area contributed by atoms with Gasteiger partial charge in [-0.05, 0) is 53.3 Å². The number of hydrogen-bond donors (Lipinski definition) is 0. The fourth-order valence-electron chi connectivity index (χ4n) is 4.48. The van der Waals surface area contributed by atoms with Crippen LogP contribution >= 0.6 is 0 Å². The largest absolute Gasteiger partial charge is 0.294 e. The van der Waals surface area contributed by atoms with Gasteiger partial charge in [-0.2, -0.15) is 4.57 Å². The molecule has 0 saturated heterocycles. The summed E-state index contributed by atoms with van der Waals surface area (Å²) in [5, 5.41) is 0. The molecule has 3 aromatic carbocycles. The van der Waals surface area contributed by atoms with Crippen molar-refractivity contribution in [2.45, 2.75) is 33.2 Å². The molecule has 2 nitrogen and oxygen atoms in total. The molecule has 0 aliphatic carbocycles. The highest BCUT2D eigenvalue weighted by atomic mass is 15.2. The van der Waals surface area contributed by atoms with Gasteiger partial charge < -0.3 is 0 Å². The Morgan fingerprint density at radius 1 is 0.821 bits per heavy atom. The minimum Gasteiger partial charge on any atom is -0.225 e. The van der Waals surface area contributed by atoms with Crippen LogP contribution in [0.1, 0.15) is 30.5 Å². The third-order valence-corrected chi connectivity index (χ3v) is 5.87. The second-order valence-corrected chi connectivity index (χ2v) is 7.49. The van der Waals surface area contributed by atoms with E-state index in [-0.39, 0.29) is 0 Å². The molecule has 28 heavy (non-hydrogen) atoms. The number of nitrogens with zero attached hydrogens (tertiary/aromatic N) is 2. The predicted molar refractivity (Wildman–Crippen MR) is 115 cm³/mol. The predicted octanol–water partition coefficient (Wildman–Crippen LogP) is 5.59. The molecule has 0 N–H and O–H groups in total. The van der Waals surface area contributed by atoms with Crippen LogP contribution in [0.3, 0.4) is 0 Å². The number of imidazole rings is 1. The van der Waals surface area contributed by atoms with Gasteiger partial charge in [0, 0.05) is 5.56 Å². The van der Waals surface area contributed by atoms with Crippen LogP contribution in [0.4, 0.5) is 0 Å². The lowest BCUT2D eigenvalue weighted by Gasteiger charge is -2.14. The molecule has 5 rings (SSSR count). The van der Waals surface area contributed by atoms with Crippen LogP contribution in [-0.4, -0.2) is 4.57 Å². The fraction of sp³-hybridized carbons (Fsp3) is 0.192. The summed E-state index contributed by atoms with van der Waals surface area (Å²) < 4.78 is 4.78. The van der Waals surface area contributed by atoms with Crippen LogP contribution < -0.4 is 4.57 Å². The van der Waals surface area contributed by atoms with Gasteiger partial charge in [-0.1, -0.05) is 62.4 Å². The molecule has 2 heteroatoms. The van der Waals surface area contributed by atoms with E-state index in [1.807, 2.05) is 0 Å². The number of aryl methyl sites for hydroxylation is 2. The molecule has 0 fully saturated rings. The van der Waals surface area contributed by atoms with Crippen molar-refractivity contribution in [2.24, 2.45) is 0 Å². The lowest BCUT2D eigenvalue weighted by Crippen LogP contribution is -2.30. The summed E-state index contributed by atoms with van der Waals surface area (Å²) in [5.41, 5.74) is 9.52. The van der Waals surface area contributed by atoms with E-state index in [2.05, 4.69) is 102 Å². The Balaban J connectivity index is 1.73. The zero-order valence-corrected chi connectivity index (χ0v) is 16.5. The van der Waals surface area contributed by atoms with E-state index in [0.29, 0.717) is 0 Å². The van der Waals surface area contributed by atoms with Crippen LogP contribution in [0.15, 0.2) is 79.1 Å². The quantitative estimate of drug-likeness (QED) is 0.367. The molecule has 2 heterocycles. The maximum Gasteiger partial charge on any atom is 0.294 e. The zero-order valence-electron chi connectivity index (χ0n) is 16.5. The lowest BCUT2D eigenvalue weighted by molar-refractivity contribution is -0.671. The Morgan fingerprint density at radius 3 is 2.21 bits per heavy atom. The van der Waals surface area contributed by atoms with E-state index >= 15 is 0 Å². The van der Waals surface area contributed by atoms with E-state index in [1.54, 1.807) is 0 Å². The summed E-state index contributed by atoms with van der Waals surface area (Å²) in [6.45, 7) is 5.49. The molecule has 0 atom stereocenters. The first kappa shape index (κ1) is 17.0. The summed E-state index contributed by atoms with van der Waals surface area (Å²) in [6.07, 6.45) is 6.49. The minimum atomic E-state index is 0.962. The molecule has 138 valence electrons. The molecule has 0 spiro atoms. The highest BCUT2D eigenvalue weighted by Crippen LogP contribution is 2.34. The number of aromatic nitrogens is 2. The Bertz CT molecular complexity index is 1130. The smallest absolute Gasteiger partial charge is 0.225 e. The highest BCUT2D eigenvalue weighted by Gasteiger charge is 2.31. The van der Waals surface area contributed by atoms with Gasteiger partial charge in [0.1, 0.15) is 24.6 Å². The van der Waals surface area contributed by atoms with Crippen LogP contribution in [0.5, 0.6) is 0 Å². The van der Waals surface area contributed by atoms with Crippen LogP contribution in [0.25, 0.3) is 28.2 Å². The topological polar surface area (TPSA) is 8.81 Å². The number of hydrogen-bond acceptors (Lipinski definition) is 0. The Morgan fingerprint density at radius 2 is 1.50 bits per heavy atom. The van der Waals surface area contributed by atoms with Crippen LogP contribution in [-0.2, 0) is 19.4 Å². The van der Waals surface area contributed by atoms with E-state index in [9.17, 15) is 0 Å². The monoisotopic (exact) mass is 365 g/mol. The van der Waals surface area contributed by atoms with Crippen molar-refractivity contribution in [3.63, 3.8) is 0 Å². The minimum absolute atomic E-state index is 0.962. The van der Waals surface area contributed by atoms with Crippen LogP contribution in [0, 0.1) is 0 Å². The molecule has 0 amide bonds. The summed E-state index contributed by atoms with van der Waals surface area (Å²) in [7, 11) is 0. The van der Waals surface area contributed by atoms with Crippen molar-refractivity contribution in [2.75, 3.05) is 0 Å². The molecule has 4 aromatic rings. The third kappa shape index (κ3) is 2.60. The number of benzene rings is 3. The van der Waals surface area contributed by atoms with Crippen molar-refractivity contribution in [3.05, 3.63) is 95.8 Å². The standard InChI is InChI=1S/C26H25N2/c1-3-19-16-23(21-10-6-5-7-11-21)17-20(4-2)25(19)28-15-14-27-18-22-12-8-9-13-24(22)26(27)28/h5-17H,3-4,18H2,1-2H3/q+1. The maximum atomic E-state index is 2.41. The molecule has 1 aliphatic heterocycles. The van der Waals surface area contributed by atoms with E-state index < -0.39 is 0 Å². The van der Waals surface area contributed by atoms with E-state index in [0.717, 1.165) is 19.4 Å². The van der Waals surface area contributed by atoms with E-state index in [4.69, 9.17) is 0 Å². The molecule has 0 bridgehead atoms. The molecule has 1 aliphatic rings. The normalized spacial score (nSPS) is 12.1. The molecule has 0 saturated carbocycles. The second-order valence-electron chi connectivity index (χ2n) is 7.49. The molecular weight excluding hydrogens is 340 g/mol. The van der Waals surface area contributed by atoms with Gasteiger partial charge in [0.05, 0.1) is 5.56 Å². The van der Waals surface area contributed by atoms with E-state index in [1.165, 1.54) is 44.9 Å². The highest BCUT2D eigenvalue weighted by molar-refractivity contribution is 5.71. The van der Waals surface area contributed by atoms with Crippen LogP contribution in [0.2, 0.25) is 0 Å². The van der Waals surface area contributed by atoms with Gasteiger partial charge >= 0.3 is 0 Å². The Kier molecular flexibility index (Phi) is 4.12. The lowest BCUT2D eigenvalue weighted by atomic mass is 9.95. The van der Waals surface area contributed by atoms with Gasteiger partial charge in [-0.25, -0.2) is 4.57 Å². The van der Waals surface area contributed by atoms with Gasteiger partial charge in [0.2, 0.25) is 0 Å². The SMILES string of the molecule is CCc1cc(-c2ccccc2)cc(CC)c1-n1cc[n+]2c1-c1ccccc1C2. The van der Waals surface area contributed by atoms with Gasteiger partial charge in [-0.3, -0.25) is 0 Å². The summed E-state index contributed by atoms with van der Waals surface area (Å²) in [6, 6.07) is 24.2. The molecule has 1 aromatic heterocycles. The van der Waals surface area contributed by atoms with Crippen molar-refractivity contribution >= 4 is 0 Å². The van der Waals surface area contributed by atoms with Crippen molar-refractivity contribution < 1.29 is 4.57 Å². The first-order valence-electron chi connectivity index (χ1n) is 10.2. The van der Waals surface area contributed by atoms with Gasteiger partial charge in [0.25, 0.3) is 5.82 Å². The molecule has 0 radical (unpaired) electrons. The first-order valence-corrected chi connectivity index (χ1v) is 10.2. The first-order chi connectivity index (χ1) is 13.8. The average Bonchev–Trinajstić information content (AvgIpc) is 3.32. The Hall–Kier alpha value is -3.13. The molecular formula is C26H25N2+. The summed E-state index contributed by atoms with van der Waals surface area (Å²) in [5.74, 6) is 1.30. The fourth-order valence-corrected chi connectivity index (χ4v) is 4.48. The van der Waals surface area contributed by atoms with Gasteiger partial charge in [-0.15, -0.1) is 0 Å². The second kappa shape index (κ2) is 6.79. The van der Waals surface area contributed by atoms with Gasteiger partial charge in [0.15, 0.2) is 0 Å². The summed E-state index contributed by atoms with van der Waals surface area (Å²) >= 11 is 0. The Labute approximate surface area is 166 Å². The van der Waals surface area contributed by atoms with Crippen molar-refractivity contribution in [3.8, 4) is 28.2 Å². The molecule has 0 unspecified atom stereocenters. The third-order valence-electron chi connectivity index (χ3n) is 5.87. The van der Waals surface area contributed by atoms with Crippen molar-refractivity contribution in [1.29, 1.82) is 0 Å². The maximum absolute atomic E-state index is 2.41. The number of rotatable bonds is 4. The number of fused-ring (bicyclic) bond motifs is 3.